The minimum Gasteiger partial charge on any atom is -0.480 e. The van der Waals surface area contributed by atoms with Gasteiger partial charge in [0.05, 0.1) is 0 Å². The van der Waals surface area contributed by atoms with Crippen LogP contribution in [0.2, 0.25) is 0 Å². The van der Waals surface area contributed by atoms with Crippen molar-refractivity contribution in [3.63, 3.8) is 0 Å². The molecule has 5 nitrogen and oxygen atoms in total. The number of fused-ring (bicyclic) bond motifs is 1. The Morgan fingerprint density at radius 2 is 2.30 bits per heavy atom. The maximum Gasteiger partial charge on any atom is 0.323 e. The van der Waals surface area contributed by atoms with Gasteiger partial charge in [0.2, 0.25) is 0 Å². The molecule has 0 unspecified atom stereocenters. The zero-order chi connectivity index (χ0) is 14.1. The summed E-state index contributed by atoms with van der Waals surface area (Å²) in [6, 6.07) is 6.45. The Kier molecular flexibility index (Phi) is 3.18. The monoisotopic (exact) mass is 271 g/mol. The number of imidazole rings is 1. The van der Waals surface area contributed by atoms with Crippen LogP contribution in [-0.4, -0.2) is 34.2 Å². The molecule has 104 valence electrons. The van der Waals surface area contributed by atoms with Crippen LogP contribution >= 0.6 is 0 Å². The second kappa shape index (κ2) is 5.00. The average Bonchev–Trinajstić information content (AvgIpc) is 2.97. The number of benzene rings is 1. The topological polar surface area (TPSA) is 58.4 Å². The molecule has 0 atom stereocenters. The number of hydrogen-bond acceptors (Lipinski definition) is 3. The summed E-state index contributed by atoms with van der Waals surface area (Å²) in [7, 11) is 2.10. The van der Waals surface area contributed by atoms with E-state index in [1.807, 2.05) is 0 Å². The highest BCUT2D eigenvalue weighted by molar-refractivity contribution is 5.66. The SMILES string of the molecule is CN1CCc2cc(Cc3nccn3CC(=O)O)ccc21. The number of nitrogens with zero attached hydrogens (tertiary/aromatic N) is 3. The summed E-state index contributed by atoms with van der Waals surface area (Å²) in [5, 5.41) is 8.88. The van der Waals surface area contributed by atoms with E-state index in [0.29, 0.717) is 6.42 Å². The lowest BCUT2D eigenvalue weighted by molar-refractivity contribution is -0.137. The fraction of sp³-hybridized carbons (Fsp3) is 0.333. The van der Waals surface area contributed by atoms with Crippen LogP contribution in [0, 0.1) is 0 Å². The number of rotatable bonds is 4. The van der Waals surface area contributed by atoms with E-state index in [9.17, 15) is 4.79 Å². The van der Waals surface area contributed by atoms with E-state index in [0.717, 1.165) is 18.8 Å². The smallest absolute Gasteiger partial charge is 0.323 e. The second-order valence-electron chi connectivity index (χ2n) is 5.18. The molecule has 3 rings (SSSR count). The largest absolute Gasteiger partial charge is 0.480 e. The first-order valence-electron chi connectivity index (χ1n) is 6.68. The number of likely N-dealkylation sites (N-methyl/N-ethyl adjacent to an activating group) is 1. The van der Waals surface area contributed by atoms with Gasteiger partial charge in [-0.05, 0) is 23.6 Å². The quantitative estimate of drug-likeness (QED) is 0.916. The molecule has 0 saturated heterocycles. The van der Waals surface area contributed by atoms with Crippen LogP contribution in [0.15, 0.2) is 30.6 Å². The van der Waals surface area contributed by atoms with Crippen LogP contribution < -0.4 is 4.90 Å². The number of carbonyl (C=O) groups is 1. The summed E-state index contributed by atoms with van der Waals surface area (Å²) < 4.78 is 1.68. The molecule has 0 amide bonds. The number of carboxylic acid groups (broad SMARTS) is 1. The van der Waals surface area contributed by atoms with Crippen molar-refractivity contribution in [2.75, 3.05) is 18.5 Å². The maximum absolute atomic E-state index is 10.8. The van der Waals surface area contributed by atoms with Crippen molar-refractivity contribution in [2.45, 2.75) is 19.4 Å². The molecular weight excluding hydrogens is 254 g/mol. The van der Waals surface area contributed by atoms with Gasteiger partial charge >= 0.3 is 5.97 Å². The molecule has 0 spiro atoms. The zero-order valence-corrected chi connectivity index (χ0v) is 11.4. The van der Waals surface area contributed by atoms with Gasteiger partial charge in [0.15, 0.2) is 0 Å². The number of hydrogen-bond donors (Lipinski definition) is 1. The minimum absolute atomic E-state index is 0.0387. The highest BCUT2D eigenvalue weighted by Crippen LogP contribution is 2.27. The van der Waals surface area contributed by atoms with Gasteiger partial charge in [0.25, 0.3) is 0 Å². The van der Waals surface area contributed by atoms with E-state index >= 15 is 0 Å². The summed E-state index contributed by atoms with van der Waals surface area (Å²) in [5.41, 5.74) is 3.83. The predicted octanol–water partition coefficient (Wildman–Crippen LogP) is 1.55. The Balaban J connectivity index is 1.82. The molecule has 2 heterocycles. The molecule has 0 aliphatic carbocycles. The molecule has 20 heavy (non-hydrogen) atoms. The number of aliphatic carboxylic acids is 1. The van der Waals surface area contributed by atoms with Crippen LogP contribution in [0.3, 0.4) is 0 Å². The third kappa shape index (κ3) is 2.39. The summed E-state index contributed by atoms with van der Waals surface area (Å²) in [4.78, 5) is 17.3. The molecule has 2 aromatic rings. The van der Waals surface area contributed by atoms with E-state index in [1.54, 1.807) is 17.0 Å². The predicted molar refractivity (Wildman–Crippen MR) is 76.1 cm³/mol. The summed E-state index contributed by atoms with van der Waals surface area (Å²) >= 11 is 0. The lowest BCUT2D eigenvalue weighted by Crippen LogP contribution is -2.12. The average molecular weight is 271 g/mol. The highest BCUT2D eigenvalue weighted by atomic mass is 16.4. The van der Waals surface area contributed by atoms with E-state index < -0.39 is 5.97 Å². The fourth-order valence-electron chi connectivity index (χ4n) is 2.71. The molecule has 1 aromatic heterocycles. The van der Waals surface area contributed by atoms with E-state index in [4.69, 9.17) is 5.11 Å². The van der Waals surface area contributed by atoms with Crippen LogP contribution in [0.4, 0.5) is 5.69 Å². The van der Waals surface area contributed by atoms with Crippen LogP contribution in [0.1, 0.15) is 17.0 Å². The molecule has 1 aliphatic heterocycles. The van der Waals surface area contributed by atoms with Gasteiger partial charge < -0.3 is 14.6 Å². The third-order valence-corrected chi connectivity index (χ3v) is 3.74. The van der Waals surface area contributed by atoms with Crippen molar-refractivity contribution in [3.05, 3.63) is 47.5 Å². The van der Waals surface area contributed by atoms with Gasteiger partial charge in [-0.2, -0.15) is 0 Å². The Labute approximate surface area is 117 Å². The molecule has 1 aromatic carbocycles. The van der Waals surface area contributed by atoms with Gasteiger partial charge in [-0.15, -0.1) is 0 Å². The molecule has 0 fully saturated rings. The normalized spacial score (nSPS) is 13.6. The minimum atomic E-state index is -0.847. The van der Waals surface area contributed by atoms with Crippen molar-refractivity contribution >= 4 is 11.7 Å². The van der Waals surface area contributed by atoms with Crippen molar-refractivity contribution in [3.8, 4) is 0 Å². The zero-order valence-electron chi connectivity index (χ0n) is 11.4. The molecule has 0 saturated carbocycles. The van der Waals surface area contributed by atoms with Crippen molar-refractivity contribution in [1.29, 1.82) is 0 Å². The van der Waals surface area contributed by atoms with Crippen LogP contribution in [0.25, 0.3) is 0 Å². The molecule has 0 radical (unpaired) electrons. The van der Waals surface area contributed by atoms with Crippen molar-refractivity contribution in [1.82, 2.24) is 9.55 Å². The lowest BCUT2D eigenvalue weighted by Gasteiger charge is -2.12. The van der Waals surface area contributed by atoms with Crippen molar-refractivity contribution in [2.24, 2.45) is 0 Å². The summed E-state index contributed by atoms with van der Waals surface area (Å²) in [6.45, 7) is 1.02. The van der Waals surface area contributed by atoms with Gasteiger partial charge in [0.1, 0.15) is 12.4 Å². The third-order valence-electron chi connectivity index (χ3n) is 3.74. The van der Waals surface area contributed by atoms with Crippen molar-refractivity contribution < 1.29 is 9.90 Å². The van der Waals surface area contributed by atoms with Crippen LogP contribution in [0.5, 0.6) is 0 Å². The molecule has 0 bridgehead atoms. The second-order valence-corrected chi connectivity index (χ2v) is 5.18. The Bertz CT molecular complexity index is 648. The summed E-state index contributed by atoms with van der Waals surface area (Å²) in [6.07, 6.45) is 5.10. The Morgan fingerprint density at radius 1 is 1.45 bits per heavy atom. The molecule has 1 aliphatic rings. The summed E-state index contributed by atoms with van der Waals surface area (Å²) in [5.74, 6) is -0.0569. The first-order valence-corrected chi connectivity index (χ1v) is 6.68. The van der Waals surface area contributed by atoms with Gasteiger partial charge in [-0.1, -0.05) is 12.1 Å². The maximum atomic E-state index is 10.8. The first-order chi connectivity index (χ1) is 9.63. The van der Waals surface area contributed by atoms with E-state index in [1.165, 1.54) is 16.8 Å². The number of anilines is 1. The Hall–Kier alpha value is -2.30. The molecule has 5 heteroatoms. The van der Waals surface area contributed by atoms with E-state index in [-0.39, 0.29) is 6.54 Å². The van der Waals surface area contributed by atoms with Crippen LogP contribution in [-0.2, 0) is 24.2 Å². The lowest BCUT2D eigenvalue weighted by atomic mass is 10.1. The standard InChI is InChI=1S/C15H17N3O2/c1-17-6-4-12-8-11(2-3-13(12)17)9-14-16-5-7-18(14)10-15(19)20/h2-3,5,7-8H,4,6,9-10H2,1H3,(H,19,20). The first kappa shape index (κ1) is 12.7. The fourth-order valence-corrected chi connectivity index (χ4v) is 2.71. The van der Waals surface area contributed by atoms with E-state index in [2.05, 4.69) is 35.1 Å². The number of aromatic nitrogens is 2. The van der Waals surface area contributed by atoms with Gasteiger partial charge in [0, 0.05) is 38.1 Å². The van der Waals surface area contributed by atoms with Gasteiger partial charge in [-0.25, -0.2) is 4.98 Å². The highest BCUT2D eigenvalue weighted by Gasteiger charge is 2.16. The molecule has 1 N–H and O–H groups in total. The Morgan fingerprint density at radius 3 is 3.10 bits per heavy atom. The number of carboxylic acids is 1. The molecular formula is C15H17N3O2. The van der Waals surface area contributed by atoms with Gasteiger partial charge in [-0.3, -0.25) is 4.79 Å².